The van der Waals surface area contributed by atoms with Gasteiger partial charge in [-0.15, -0.1) is 0 Å². The molecule has 1 amide bonds. The van der Waals surface area contributed by atoms with Crippen LogP contribution in [0, 0.1) is 5.82 Å². The van der Waals surface area contributed by atoms with Crippen LogP contribution in [0.4, 0.5) is 4.39 Å². The van der Waals surface area contributed by atoms with Crippen LogP contribution in [0.3, 0.4) is 0 Å². The van der Waals surface area contributed by atoms with Crippen LogP contribution in [0.5, 0.6) is 5.75 Å². The van der Waals surface area contributed by atoms with Gasteiger partial charge < -0.3 is 18.8 Å². The molecule has 0 aliphatic carbocycles. The van der Waals surface area contributed by atoms with Gasteiger partial charge in [-0.1, -0.05) is 11.6 Å². The maximum Gasteiger partial charge on any atom is 0.336 e. The number of carbonyl (C=O) groups excluding carboxylic acids is 1. The predicted octanol–water partition coefficient (Wildman–Crippen LogP) is 3.73. The van der Waals surface area contributed by atoms with E-state index in [1.54, 1.807) is 32.3 Å². The molecule has 0 saturated carbocycles. The molecule has 1 unspecified atom stereocenters. The second-order valence-corrected chi connectivity index (χ2v) is 6.99. The van der Waals surface area contributed by atoms with E-state index in [9.17, 15) is 14.0 Å². The average Bonchev–Trinajstić information content (AvgIpc) is 2.66. The van der Waals surface area contributed by atoms with Crippen LogP contribution in [0.2, 0.25) is 5.02 Å². The summed E-state index contributed by atoms with van der Waals surface area (Å²) < 4.78 is 30.5. The van der Waals surface area contributed by atoms with Crippen LogP contribution in [-0.4, -0.2) is 44.7 Å². The zero-order chi connectivity index (χ0) is 21.1. The fraction of sp³-hybridized carbons (Fsp3) is 0.238. The number of hydrogen-bond donors (Lipinski definition) is 0. The van der Waals surface area contributed by atoms with Crippen LogP contribution in [0.1, 0.15) is 0 Å². The minimum atomic E-state index is -0.865. The normalized spacial score (nSPS) is 12.0. The number of halogens is 2. The number of likely N-dealkylation sites (N-methyl/N-ethyl adjacent to an activating group) is 1. The third-order valence-electron chi connectivity index (χ3n) is 4.25. The van der Waals surface area contributed by atoms with Gasteiger partial charge in [0.1, 0.15) is 17.1 Å². The molecular weight excluding hydrogens is 401 g/mol. The summed E-state index contributed by atoms with van der Waals surface area (Å²) in [5.41, 5.74) is 0.153. The molecule has 1 aromatic heterocycles. The molecule has 0 spiro atoms. The van der Waals surface area contributed by atoms with Gasteiger partial charge >= 0.3 is 5.63 Å². The molecule has 6 nitrogen and oxygen atoms in total. The Morgan fingerprint density at radius 2 is 1.93 bits per heavy atom. The number of hydrogen-bond acceptors (Lipinski definition) is 5. The molecule has 0 radical (unpaired) electrons. The second kappa shape index (κ2) is 8.63. The van der Waals surface area contributed by atoms with Gasteiger partial charge in [-0.3, -0.25) is 4.79 Å². The summed E-state index contributed by atoms with van der Waals surface area (Å²) in [6.07, 6.45) is -0.865. The van der Waals surface area contributed by atoms with Gasteiger partial charge in [0.05, 0.1) is 6.61 Å². The molecule has 1 heterocycles. The standard InChI is InChI=1S/C21H19ClFNO5/c1-24(2)21(26)19(11-27-3)28-13-5-7-15-16(10-20(25)29-18(15)9-13)14-6-4-12(22)8-17(14)23/h4-10,19H,11H2,1-3H3. The fourth-order valence-electron chi connectivity index (χ4n) is 2.91. The number of benzene rings is 2. The number of ether oxygens (including phenoxy) is 2. The lowest BCUT2D eigenvalue weighted by molar-refractivity contribution is -0.138. The zero-order valence-corrected chi connectivity index (χ0v) is 16.8. The first-order valence-electron chi connectivity index (χ1n) is 8.70. The quantitative estimate of drug-likeness (QED) is 0.569. The lowest BCUT2D eigenvalue weighted by atomic mass is 10.0. The van der Waals surface area contributed by atoms with Crippen molar-refractivity contribution < 1.29 is 23.1 Å². The van der Waals surface area contributed by atoms with Gasteiger partial charge in [-0.25, -0.2) is 9.18 Å². The lowest BCUT2D eigenvalue weighted by Gasteiger charge is -2.21. The maximum absolute atomic E-state index is 14.4. The highest BCUT2D eigenvalue weighted by Gasteiger charge is 2.23. The molecule has 0 fully saturated rings. The van der Waals surface area contributed by atoms with Gasteiger partial charge in [0.2, 0.25) is 0 Å². The monoisotopic (exact) mass is 419 g/mol. The van der Waals surface area contributed by atoms with E-state index in [4.69, 9.17) is 25.5 Å². The summed E-state index contributed by atoms with van der Waals surface area (Å²) in [6, 6.07) is 10.2. The van der Waals surface area contributed by atoms with Crippen molar-refractivity contribution in [2.45, 2.75) is 6.10 Å². The minimum absolute atomic E-state index is 0.0506. The Morgan fingerprint density at radius 3 is 2.59 bits per heavy atom. The molecule has 1 atom stereocenters. The van der Waals surface area contributed by atoms with Gasteiger partial charge in [-0.2, -0.15) is 0 Å². The van der Waals surface area contributed by atoms with Crippen molar-refractivity contribution in [2.24, 2.45) is 0 Å². The Kier molecular flexibility index (Phi) is 6.20. The number of amides is 1. The third-order valence-corrected chi connectivity index (χ3v) is 4.48. The highest BCUT2D eigenvalue weighted by molar-refractivity contribution is 6.30. The van der Waals surface area contributed by atoms with Crippen molar-refractivity contribution in [1.29, 1.82) is 0 Å². The van der Waals surface area contributed by atoms with E-state index in [1.165, 1.54) is 36.3 Å². The maximum atomic E-state index is 14.4. The highest BCUT2D eigenvalue weighted by Crippen LogP contribution is 2.32. The van der Waals surface area contributed by atoms with Crippen LogP contribution in [-0.2, 0) is 9.53 Å². The van der Waals surface area contributed by atoms with Gasteiger partial charge in [-0.05, 0) is 30.3 Å². The van der Waals surface area contributed by atoms with Crippen molar-refractivity contribution in [3.63, 3.8) is 0 Å². The topological polar surface area (TPSA) is 69.0 Å². The smallest absolute Gasteiger partial charge is 0.336 e. The summed E-state index contributed by atoms with van der Waals surface area (Å²) in [6.45, 7) is 0.0506. The molecule has 29 heavy (non-hydrogen) atoms. The first-order chi connectivity index (χ1) is 13.8. The van der Waals surface area contributed by atoms with Crippen molar-refractivity contribution in [3.8, 4) is 16.9 Å². The molecule has 0 aliphatic rings. The average molecular weight is 420 g/mol. The Morgan fingerprint density at radius 1 is 1.17 bits per heavy atom. The van der Waals surface area contributed by atoms with Crippen LogP contribution in [0.15, 0.2) is 51.7 Å². The summed E-state index contributed by atoms with van der Waals surface area (Å²) in [7, 11) is 4.69. The van der Waals surface area contributed by atoms with Crippen molar-refractivity contribution >= 4 is 28.5 Å². The summed E-state index contributed by atoms with van der Waals surface area (Å²) in [5.74, 6) is -0.515. The van der Waals surface area contributed by atoms with E-state index < -0.39 is 17.5 Å². The molecule has 2 aromatic carbocycles. The van der Waals surface area contributed by atoms with Gasteiger partial charge in [0.25, 0.3) is 5.91 Å². The van der Waals surface area contributed by atoms with E-state index in [-0.39, 0.29) is 28.7 Å². The Hall–Kier alpha value is -2.90. The van der Waals surface area contributed by atoms with Crippen LogP contribution < -0.4 is 10.4 Å². The lowest BCUT2D eigenvalue weighted by Crippen LogP contribution is -2.40. The van der Waals surface area contributed by atoms with Crippen LogP contribution in [0.25, 0.3) is 22.1 Å². The van der Waals surface area contributed by atoms with Crippen LogP contribution >= 0.6 is 11.6 Å². The van der Waals surface area contributed by atoms with E-state index >= 15 is 0 Å². The molecular formula is C21H19ClFNO5. The van der Waals surface area contributed by atoms with E-state index in [0.29, 0.717) is 16.7 Å². The van der Waals surface area contributed by atoms with Crippen molar-refractivity contribution in [1.82, 2.24) is 4.90 Å². The molecule has 152 valence electrons. The van der Waals surface area contributed by atoms with Crippen molar-refractivity contribution in [3.05, 3.63) is 63.7 Å². The highest BCUT2D eigenvalue weighted by atomic mass is 35.5. The zero-order valence-electron chi connectivity index (χ0n) is 16.1. The molecule has 0 N–H and O–H groups in total. The Balaban J connectivity index is 2.05. The first kappa shape index (κ1) is 20.8. The Labute approximate surface area is 171 Å². The molecule has 0 bridgehead atoms. The second-order valence-electron chi connectivity index (χ2n) is 6.56. The van der Waals surface area contributed by atoms with E-state index in [2.05, 4.69) is 0 Å². The number of methoxy groups -OCH3 is 1. The number of carbonyl (C=O) groups is 1. The Bertz CT molecular complexity index is 1110. The molecule has 3 rings (SSSR count). The number of rotatable bonds is 6. The molecule has 8 heteroatoms. The number of fused-ring (bicyclic) bond motifs is 1. The van der Waals surface area contributed by atoms with Gasteiger partial charge in [0, 0.05) is 54.9 Å². The van der Waals surface area contributed by atoms with Crippen molar-refractivity contribution in [2.75, 3.05) is 27.8 Å². The largest absolute Gasteiger partial charge is 0.478 e. The van der Waals surface area contributed by atoms with E-state index in [1.807, 2.05) is 0 Å². The molecule has 3 aromatic rings. The number of nitrogens with zero attached hydrogens (tertiary/aromatic N) is 1. The summed E-state index contributed by atoms with van der Waals surface area (Å²) >= 11 is 5.82. The minimum Gasteiger partial charge on any atom is -0.478 e. The molecule has 0 saturated heterocycles. The van der Waals surface area contributed by atoms with E-state index in [0.717, 1.165) is 0 Å². The first-order valence-corrected chi connectivity index (χ1v) is 9.08. The predicted molar refractivity (Wildman–Crippen MR) is 108 cm³/mol. The molecule has 0 aliphatic heterocycles. The SMILES string of the molecule is COCC(Oc1ccc2c(-c3ccc(Cl)cc3F)cc(=O)oc2c1)C(=O)N(C)C. The third kappa shape index (κ3) is 4.58. The summed E-state index contributed by atoms with van der Waals surface area (Å²) in [4.78, 5) is 25.7. The summed E-state index contributed by atoms with van der Waals surface area (Å²) in [5, 5.41) is 0.768. The fourth-order valence-corrected chi connectivity index (χ4v) is 3.07. The van der Waals surface area contributed by atoms with Gasteiger partial charge in [0.15, 0.2) is 6.10 Å².